The van der Waals surface area contributed by atoms with Gasteiger partial charge in [0.25, 0.3) is 5.91 Å². The first-order valence-corrected chi connectivity index (χ1v) is 9.89. The van der Waals surface area contributed by atoms with Gasteiger partial charge in [0.15, 0.2) is 17.2 Å². The van der Waals surface area contributed by atoms with Crippen LogP contribution < -0.4 is 14.8 Å². The van der Waals surface area contributed by atoms with E-state index in [1.807, 2.05) is 18.2 Å². The molecule has 10 heteroatoms. The zero-order valence-corrected chi connectivity index (χ0v) is 16.7. The minimum absolute atomic E-state index is 0.0106. The molecule has 1 N–H and O–H groups in total. The number of alkyl halides is 3. The Morgan fingerprint density at radius 1 is 1.12 bits per heavy atom. The highest BCUT2D eigenvalue weighted by molar-refractivity contribution is 5.92. The van der Waals surface area contributed by atoms with Crippen LogP contribution in [-0.4, -0.2) is 22.5 Å². The van der Waals surface area contributed by atoms with E-state index in [-0.39, 0.29) is 37.3 Å². The number of aromatic nitrogens is 2. The lowest BCUT2D eigenvalue weighted by Crippen LogP contribution is -2.25. The van der Waals surface area contributed by atoms with E-state index >= 15 is 0 Å². The van der Waals surface area contributed by atoms with Crippen molar-refractivity contribution >= 4 is 5.91 Å². The number of hydrogen-bond donors (Lipinski definition) is 1. The van der Waals surface area contributed by atoms with Crippen molar-refractivity contribution in [3.8, 4) is 11.5 Å². The standard InChI is InChI=1S/C22H18F3N3O4/c23-22(24,25)16-4-2-1-3-14(16)9-26-21(29)17-8-15-11-30-20(10-28(15)27-17)13-5-6-18-19(7-13)32-12-31-18/h1-8,20H,9-12H2,(H,26,29). The third kappa shape index (κ3) is 3.89. The monoisotopic (exact) mass is 445 g/mol. The average Bonchev–Trinajstić information content (AvgIpc) is 3.42. The van der Waals surface area contributed by atoms with Gasteiger partial charge in [-0.3, -0.25) is 9.48 Å². The molecule has 0 fully saturated rings. The summed E-state index contributed by atoms with van der Waals surface area (Å²) in [7, 11) is 0. The van der Waals surface area contributed by atoms with E-state index in [0.29, 0.717) is 23.7 Å². The highest BCUT2D eigenvalue weighted by Gasteiger charge is 2.33. The van der Waals surface area contributed by atoms with Gasteiger partial charge in [0, 0.05) is 6.54 Å². The van der Waals surface area contributed by atoms with Crippen LogP contribution in [0, 0.1) is 0 Å². The van der Waals surface area contributed by atoms with Crippen molar-refractivity contribution in [3.05, 3.63) is 76.6 Å². The maximum Gasteiger partial charge on any atom is 0.416 e. The lowest BCUT2D eigenvalue weighted by atomic mass is 10.1. The van der Waals surface area contributed by atoms with E-state index in [1.54, 1.807) is 10.7 Å². The SMILES string of the molecule is O=C(NCc1ccccc1C(F)(F)F)c1cc2n(n1)CC(c1ccc3c(c1)OCO3)OC2. The predicted molar refractivity (Wildman–Crippen MR) is 105 cm³/mol. The van der Waals surface area contributed by atoms with Crippen molar-refractivity contribution in [2.24, 2.45) is 0 Å². The van der Waals surface area contributed by atoms with Crippen molar-refractivity contribution < 1.29 is 32.2 Å². The molecule has 2 aromatic carbocycles. The largest absolute Gasteiger partial charge is 0.454 e. The summed E-state index contributed by atoms with van der Waals surface area (Å²) in [4.78, 5) is 12.5. The molecule has 1 unspecified atom stereocenters. The van der Waals surface area contributed by atoms with Gasteiger partial charge >= 0.3 is 6.18 Å². The third-order valence-electron chi connectivity index (χ3n) is 5.40. The summed E-state index contributed by atoms with van der Waals surface area (Å²) >= 11 is 0. The van der Waals surface area contributed by atoms with Crippen LogP contribution in [0.4, 0.5) is 13.2 Å². The molecule has 2 aliphatic heterocycles. The normalized spacial score (nSPS) is 17.2. The number of benzene rings is 2. The third-order valence-corrected chi connectivity index (χ3v) is 5.40. The molecule has 3 heterocycles. The van der Waals surface area contributed by atoms with Crippen LogP contribution in [0.5, 0.6) is 11.5 Å². The van der Waals surface area contributed by atoms with Gasteiger partial charge in [-0.05, 0) is 35.4 Å². The lowest BCUT2D eigenvalue weighted by Gasteiger charge is -2.24. The molecule has 1 atom stereocenters. The first-order chi connectivity index (χ1) is 15.4. The van der Waals surface area contributed by atoms with E-state index in [2.05, 4.69) is 10.4 Å². The molecule has 1 amide bonds. The average molecular weight is 445 g/mol. The predicted octanol–water partition coefficient (Wildman–Crippen LogP) is 3.83. The van der Waals surface area contributed by atoms with Crippen LogP contribution in [-0.2, 0) is 30.6 Å². The molecule has 32 heavy (non-hydrogen) atoms. The molecule has 0 aliphatic carbocycles. The fraction of sp³-hybridized carbons (Fsp3) is 0.273. The first-order valence-electron chi connectivity index (χ1n) is 9.89. The first kappa shape index (κ1) is 20.4. The highest BCUT2D eigenvalue weighted by Crippen LogP contribution is 2.36. The molecule has 0 saturated heterocycles. The van der Waals surface area contributed by atoms with Crippen molar-refractivity contribution in [1.29, 1.82) is 0 Å². The summed E-state index contributed by atoms with van der Waals surface area (Å²) in [6.45, 7) is 0.558. The Labute approximate surface area is 180 Å². The zero-order valence-electron chi connectivity index (χ0n) is 16.7. The molecule has 1 aromatic heterocycles. The second-order valence-corrected chi connectivity index (χ2v) is 7.45. The highest BCUT2D eigenvalue weighted by atomic mass is 19.4. The summed E-state index contributed by atoms with van der Waals surface area (Å²) in [5.41, 5.74) is 0.945. The number of amides is 1. The molecule has 0 saturated carbocycles. The molecule has 5 rings (SSSR count). The lowest BCUT2D eigenvalue weighted by molar-refractivity contribution is -0.138. The molecule has 0 spiro atoms. The van der Waals surface area contributed by atoms with Crippen molar-refractivity contribution in [2.45, 2.75) is 32.0 Å². The number of nitrogens with zero attached hydrogens (tertiary/aromatic N) is 2. The van der Waals surface area contributed by atoms with Crippen LogP contribution in [0.2, 0.25) is 0 Å². The molecule has 166 valence electrons. The van der Waals surface area contributed by atoms with Gasteiger partial charge < -0.3 is 19.5 Å². The minimum atomic E-state index is -4.49. The number of ether oxygens (including phenoxy) is 3. The number of carbonyl (C=O) groups excluding carboxylic acids is 1. The minimum Gasteiger partial charge on any atom is -0.454 e. The molecule has 3 aromatic rings. The van der Waals surface area contributed by atoms with Crippen LogP contribution in [0.1, 0.15) is 39.0 Å². The van der Waals surface area contributed by atoms with E-state index < -0.39 is 17.6 Å². The van der Waals surface area contributed by atoms with Gasteiger partial charge in [-0.15, -0.1) is 0 Å². The Balaban J connectivity index is 1.27. The van der Waals surface area contributed by atoms with E-state index in [1.165, 1.54) is 18.2 Å². The Hall–Kier alpha value is -3.53. The summed E-state index contributed by atoms with van der Waals surface area (Å²) in [6.07, 6.45) is -4.78. The topological polar surface area (TPSA) is 74.6 Å². The number of halogens is 3. The zero-order chi connectivity index (χ0) is 22.3. The number of carbonyl (C=O) groups is 1. The van der Waals surface area contributed by atoms with Gasteiger partial charge in [-0.2, -0.15) is 18.3 Å². The van der Waals surface area contributed by atoms with Crippen molar-refractivity contribution in [3.63, 3.8) is 0 Å². The smallest absolute Gasteiger partial charge is 0.416 e. The van der Waals surface area contributed by atoms with Gasteiger partial charge in [0.1, 0.15) is 6.10 Å². The fourth-order valence-electron chi connectivity index (χ4n) is 3.77. The van der Waals surface area contributed by atoms with Gasteiger partial charge in [0.2, 0.25) is 6.79 Å². The summed E-state index contributed by atoms with van der Waals surface area (Å²) < 4.78 is 57.7. The van der Waals surface area contributed by atoms with Crippen LogP contribution in [0.25, 0.3) is 0 Å². The number of nitrogens with one attached hydrogen (secondary N) is 1. The second kappa shape index (κ2) is 7.86. The quantitative estimate of drug-likeness (QED) is 0.661. The van der Waals surface area contributed by atoms with Gasteiger partial charge in [0.05, 0.1) is 24.4 Å². The molecular weight excluding hydrogens is 427 g/mol. The van der Waals surface area contributed by atoms with Crippen LogP contribution in [0.3, 0.4) is 0 Å². The van der Waals surface area contributed by atoms with E-state index in [9.17, 15) is 18.0 Å². The summed E-state index contributed by atoms with van der Waals surface area (Å²) in [5.74, 6) is 0.774. The van der Waals surface area contributed by atoms with Gasteiger partial charge in [-0.1, -0.05) is 24.3 Å². The maximum atomic E-state index is 13.1. The Kier molecular flexibility index (Phi) is 5.01. The molecular formula is C22H18F3N3O4. The number of hydrogen-bond acceptors (Lipinski definition) is 5. The summed E-state index contributed by atoms with van der Waals surface area (Å²) in [5, 5.41) is 6.85. The molecule has 0 bridgehead atoms. The Morgan fingerprint density at radius 2 is 1.94 bits per heavy atom. The van der Waals surface area contributed by atoms with Crippen LogP contribution in [0.15, 0.2) is 48.5 Å². The maximum absolute atomic E-state index is 13.1. The Morgan fingerprint density at radius 3 is 2.78 bits per heavy atom. The molecule has 0 radical (unpaired) electrons. The van der Waals surface area contributed by atoms with Crippen LogP contribution >= 0.6 is 0 Å². The molecule has 2 aliphatic rings. The van der Waals surface area contributed by atoms with E-state index in [0.717, 1.165) is 11.6 Å². The summed E-state index contributed by atoms with van der Waals surface area (Å²) in [6, 6.07) is 12.3. The van der Waals surface area contributed by atoms with Crippen molar-refractivity contribution in [2.75, 3.05) is 6.79 Å². The molecule has 7 nitrogen and oxygen atoms in total. The number of fused-ring (bicyclic) bond motifs is 2. The number of rotatable bonds is 4. The van der Waals surface area contributed by atoms with E-state index in [4.69, 9.17) is 14.2 Å². The van der Waals surface area contributed by atoms with Gasteiger partial charge in [-0.25, -0.2) is 0 Å². The fourth-order valence-corrected chi connectivity index (χ4v) is 3.77. The van der Waals surface area contributed by atoms with Crippen molar-refractivity contribution in [1.82, 2.24) is 15.1 Å². The second-order valence-electron chi connectivity index (χ2n) is 7.45. The Bertz CT molecular complexity index is 1180.